The van der Waals surface area contributed by atoms with Crippen molar-refractivity contribution in [2.45, 2.75) is 18.9 Å². The first-order valence-corrected chi connectivity index (χ1v) is 9.56. The van der Waals surface area contributed by atoms with Crippen molar-refractivity contribution in [2.75, 3.05) is 5.32 Å². The summed E-state index contributed by atoms with van der Waals surface area (Å²) in [5.41, 5.74) is 2.65. The van der Waals surface area contributed by atoms with Crippen LogP contribution < -0.4 is 5.32 Å². The van der Waals surface area contributed by atoms with Crippen LogP contribution in [0.1, 0.15) is 29.2 Å². The molecule has 0 spiro atoms. The molecule has 1 aliphatic carbocycles. The average molecular weight is 406 g/mol. The molecule has 4 aromatic rings. The molecule has 1 saturated carbocycles. The van der Waals surface area contributed by atoms with Gasteiger partial charge in [-0.1, -0.05) is 35.9 Å². The van der Waals surface area contributed by atoms with Crippen LogP contribution in [0.2, 0.25) is 5.02 Å². The van der Waals surface area contributed by atoms with Crippen molar-refractivity contribution >= 4 is 23.2 Å². The number of nitrogens with zero attached hydrogens (tertiary/aromatic N) is 6. The quantitative estimate of drug-likeness (QED) is 0.545. The predicted octanol–water partition coefficient (Wildman–Crippen LogP) is 3.77. The van der Waals surface area contributed by atoms with Gasteiger partial charge in [0, 0.05) is 17.4 Å². The molecule has 0 aliphatic heterocycles. The lowest BCUT2D eigenvalue weighted by Gasteiger charge is -2.07. The van der Waals surface area contributed by atoms with E-state index in [1.165, 1.54) is 6.20 Å². The zero-order chi connectivity index (χ0) is 19.8. The number of tetrazole rings is 1. The van der Waals surface area contributed by atoms with Gasteiger partial charge in [0.15, 0.2) is 5.82 Å². The molecule has 8 nitrogen and oxygen atoms in total. The Morgan fingerprint density at radius 3 is 2.83 bits per heavy atom. The second-order valence-electron chi connectivity index (χ2n) is 6.84. The molecule has 29 heavy (non-hydrogen) atoms. The number of amides is 1. The van der Waals surface area contributed by atoms with Gasteiger partial charge in [0.1, 0.15) is 0 Å². The minimum absolute atomic E-state index is 0.262. The molecule has 1 fully saturated rings. The van der Waals surface area contributed by atoms with E-state index in [4.69, 9.17) is 11.6 Å². The first kappa shape index (κ1) is 17.6. The van der Waals surface area contributed by atoms with Gasteiger partial charge in [-0.3, -0.25) is 4.79 Å². The maximum atomic E-state index is 12.7. The van der Waals surface area contributed by atoms with Gasteiger partial charge in [-0.2, -0.15) is 5.10 Å². The maximum absolute atomic E-state index is 12.7. The van der Waals surface area contributed by atoms with E-state index >= 15 is 0 Å². The molecule has 2 heterocycles. The molecule has 5 rings (SSSR count). The summed E-state index contributed by atoms with van der Waals surface area (Å²) < 4.78 is 3.42. The van der Waals surface area contributed by atoms with E-state index < -0.39 is 0 Å². The summed E-state index contributed by atoms with van der Waals surface area (Å²) in [5, 5.41) is 19.7. The van der Waals surface area contributed by atoms with E-state index in [1.807, 2.05) is 47.1 Å². The summed E-state index contributed by atoms with van der Waals surface area (Å²) >= 11 is 6.20. The Morgan fingerprint density at radius 2 is 2.00 bits per heavy atom. The lowest BCUT2D eigenvalue weighted by molar-refractivity contribution is 0.102. The number of nitrogens with one attached hydrogen (secondary N) is 1. The van der Waals surface area contributed by atoms with Gasteiger partial charge >= 0.3 is 0 Å². The third-order valence-electron chi connectivity index (χ3n) is 4.71. The molecule has 0 unspecified atom stereocenters. The topological polar surface area (TPSA) is 90.5 Å². The number of hydrogen-bond acceptors (Lipinski definition) is 5. The predicted molar refractivity (Wildman–Crippen MR) is 108 cm³/mol. The zero-order valence-electron chi connectivity index (χ0n) is 15.2. The van der Waals surface area contributed by atoms with Crippen LogP contribution in [-0.2, 0) is 0 Å². The molecule has 1 N–H and O–H groups in total. The highest BCUT2D eigenvalue weighted by atomic mass is 35.5. The largest absolute Gasteiger partial charge is 0.322 e. The van der Waals surface area contributed by atoms with Gasteiger partial charge < -0.3 is 5.32 Å². The Kier molecular flexibility index (Phi) is 4.33. The van der Waals surface area contributed by atoms with E-state index in [1.54, 1.807) is 16.9 Å². The third kappa shape index (κ3) is 3.50. The summed E-state index contributed by atoms with van der Waals surface area (Å²) in [6, 6.07) is 15.2. The normalized spacial score (nSPS) is 13.4. The standard InChI is InChI=1S/C20H16ClN7O/c21-17-6-1-2-7-18(17)27-12-14(11-22-27)20(29)23-15-5-3-4-13(10-15)19-24-25-26-28(19)16-8-9-16/h1-7,10-12,16H,8-9H2,(H,23,29). The van der Waals surface area contributed by atoms with Crippen LogP contribution in [0.3, 0.4) is 0 Å². The molecule has 144 valence electrons. The smallest absolute Gasteiger partial charge is 0.258 e. The number of rotatable bonds is 5. The van der Waals surface area contributed by atoms with Crippen LogP contribution in [0.15, 0.2) is 60.9 Å². The Labute approximate surface area is 171 Å². The maximum Gasteiger partial charge on any atom is 0.258 e. The summed E-state index contributed by atoms with van der Waals surface area (Å²) in [6.07, 6.45) is 5.33. The molecule has 9 heteroatoms. The highest BCUT2D eigenvalue weighted by Gasteiger charge is 2.28. The molecule has 2 aromatic carbocycles. The summed E-state index contributed by atoms with van der Waals surface area (Å²) in [4.78, 5) is 12.7. The van der Waals surface area contributed by atoms with Gasteiger partial charge in [-0.05, 0) is 47.5 Å². The number of halogens is 1. The Bertz CT molecular complexity index is 1190. The van der Waals surface area contributed by atoms with Crippen molar-refractivity contribution < 1.29 is 4.79 Å². The van der Waals surface area contributed by atoms with Gasteiger partial charge in [0.2, 0.25) is 0 Å². The molecule has 1 aliphatic rings. The van der Waals surface area contributed by atoms with Crippen LogP contribution >= 0.6 is 11.6 Å². The van der Waals surface area contributed by atoms with E-state index in [9.17, 15) is 4.79 Å². The molecule has 0 saturated heterocycles. The molecule has 1 amide bonds. The van der Waals surface area contributed by atoms with Gasteiger partial charge in [-0.25, -0.2) is 9.36 Å². The highest BCUT2D eigenvalue weighted by molar-refractivity contribution is 6.32. The Balaban J connectivity index is 1.36. The van der Waals surface area contributed by atoms with E-state index in [0.29, 0.717) is 33.8 Å². The fraction of sp³-hybridized carbons (Fsp3) is 0.150. The van der Waals surface area contributed by atoms with Crippen molar-refractivity contribution in [3.05, 3.63) is 71.5 Å². The van der Waals surface area contributed by atoms with Crippen LogP contribution in [0.5, 0.6) is 0 Å². The molecule has 0 radical (unpaired) electrons. The zero-order valence-corrected chi connectivity index (χ0v) is 16.0. The second-order valence-corrected chi connectivity index (χ2v) is 7.25. The van der Waals surface area contributed by atoms with Crippen LogP contribution in [-0.4, -0.2) is 35.9 Å². The first-order valence-electron chi connectivity index (χ1n) is 9.18. The molecular weight excluding hydrogens is 390 g/mol. The van der Waals surface area contributed by atoms with Crippen molar-refractivity contribution in [3.8, 4) is 17.1 Å². The van der Waals surface area contributed by atoms with Crippen molar-refractivity contribution in [3.63, 3.8) is 0 Å². The minimum Gasteiger partial charge on any atom is -0.322 e. The monoisotopic (exact) mass is 405 g/mol. The summed E-state index contributed by atoms with van der Waals surface area (Å²) in [7, 11) is 0. The number of hydrogen-bond donors (Lipinski definition) is 1. The van der Waals surface area contributed by atoms with E-state index in [2.05, 4.69) is 25.9 Å². The highest BCUT2D eigenvalue weighted by Crippen LogP contribution is 2.36. The van der Waals surface area contributed by atoms with Crippen molar-refractivity contribution in [2.24, 2.45) is 0 Å². The summed E-state index contributed by atoms with van der Waals surface area (Å²) in [6.45, 7) is 0. The number of carbonyl (C=O) groups excluding carboxylic acids is 1. The fourth-order valence-electron chi connectivity index (χ4n) is 3.10. The second kappa shape index (κ2) is 7.14. The van der Waals surface area contributed by atoms with Gasteiger partial charge in [-0.15, -0.1) is 5.10 Å². The lowest BCUT2D eigenvalue weighted by Crippen LogP contribution is -2.11. The van der Waals surface area contributed by atoms with E-state index in [0.717, 1.165) is 18.4 Å². The lowest BCUT2D eigenvalue weighted by atomic mass is 10.2. The fourth-order valence-corrected chi connectivity index (χ4v) is 3.32. The number of aromatic nitrogens is 6. The number of benzene rings is 2. The molecule has 2 aromatic heterocycles. The number of para-hydroxylation sites is 1. The van der Waals surface area contributed by atoms with Crippen molar-refractivity contribution in [1.82, 2.24) is 30.0 Å². The Hall–Kier alpha value is -3.52. The SMILES string of the molecule is O=C(Nc1cccc(-c2nnnn2C2CC2)c1)c1cnn(-c2ccccc2Cl)c1. The van der Waals surface area contributed by atoms with Gasteiger partial charge in [0.05, 0.1) is 28.5 Å². The van der Waals surface area contributed by atoms with E-state index in [-0.39, 0.29) is 5.91 Å². The molecule has 0 atom stereocenters. The number of carbonyl (C=O) groups is 1. The molecule has 0 bridgehead atoms. The van der Waals surface area contributed by atoms with Crippen molar-refractivity contribution in [1.29, 1.82) is 0 Å². The van der Waals surface area contributed by atoms with Crippen LogP contribution in [0.4, 0.5) is 5.69 Å². The Morgan fingerprint density at radius 1 is 1.14 bits per heavy atom. The van der Waals surface area contributed by atoms with Crippen LogP contribution in [0, 0.1) is 0 Å². The summed E-state index contributed by atoms with van der Waals surface area (Å²) in [5.74, 6) is 0.442. The third-order valence-corrected chi connectivity index (χ3v) is 5.03. The first-order chi connectivity index (χ1) is 14.2. The minimum atomic E-state index is -0.262. The van der Waals surface area contributed by atoms with Gasteiger partial charge in [0.25, 0.3) is 5.91 Å². The van der Waals surface area contributed by atoms with Crippen LogP contribution in [0.25, 0.3) is 17.1 Å². The average Bonchev–Trinajstić information content (AvgIpc) is 3.26. The molecular formula is C20H16ClN7O. The number of anilines is 1.